The lowest BCUT2D eigenvalue weighted by molar-refractivity contribution is -0.116. The van der Waals surface area contributed by atoms with Gasteiger partial charge in [0.25, 0.3) is 5.91 Å². The number of carbonyl (C=O) groups is 2. The summed E-state index contributed by atoms with van der Waals surface area (Å²) in [5.41, 5.74) is 3.98. The van der Waals surface area contributed by atoms with Crippen molar-refractivity contribution in [3.8, 4) is 0 Å². The number of thioether (sulfide) groups is 1. The van der Waals surface area contributed by atoms with Crippen molar-refractivity contribution in [2.24, 2.45) is 0 Å². The van der Waals surface area contributed by atoms with Crippen molar-refractivity contribution in [2.45, 2.75) is 31.0 Å². The molecule has 1 aromatic carbocycles. The molecule has 8 heteroatoms. The van der Waals surface area contributed by atoms with Gasteiger partial charge >= 0.3 is 0 Å². The summed E-state index contributed by atoms with van der Waals surface area (Å²) in [6.45, 7) is 4.08. The number of benzene rings is 1. The second-order valence-corrected chi connectivity index (χ2v) is 7.76. The van der Waals surface area contributed by atoms with Gasteiger partial charge in [-0.1, -0.05) is 16.9 Å². The number of amides is 2. The molecule has 3 aromatic rings. The first-order valence-electron chi connectivity index (χ1n) is 9.23. The summed E-state index contributed by atoms with van der Waals surface area (Å²) in [4.78, 5) is 30.7. The average molecular weight is 408 g/mol. The number of carbonyl (C=O) groups excluding carboxylic acids is 2. The highest BCUT2D eigenvalue weighted by Gasteiger charge is 2.22. The topological polar surface area (TPSA) is 88.3 Å². The van der Waals surface area contributed by atoms with E-state index in [1.54, 1.807) is 30.2 Å². The van der Waals surface area contributed by atoms with Gasteiger partial charge in [-0.2, -0.15) is 0 Å². The quantitative estimate of drug-likeness (QED) is 0.646. The van der Waals surface area contributed by atoms with Gasteiger partial charge in [-0.05, 0) is 49.2 Å². The minimum absolute atomic E-state index is 0.0277. The summed E-state index contributed by atoms with van der Waals surface area (Å²) in [5, 5.41) is 7.55. The number of fused-ring (bicyclic) bond motifs is 1. The largest absolute Gasteiger partial charge is 0.361 e. The highest BCUT2D eigenvalue weighted by Crippen LogP contribution is 2.31. The van der Waals surface area contributed by atoms with Crippen LogP contribution < -0.4 is 10.2 Å². The van der Waals surface area contributed by atoms with E-state index >= 15 is 0 Å². The molecule has 148 valence electrons. The normalized spacial score (nSPS) is 12.7. The second kappa shape index (κ2) is 8.08. The lowest BCUT2D eigenvalue weighted by Gasteiger charge is -2.15. The summed E-state index contributed by atoms with van der Waals surface area (Å²) in [6, 6.07) is 11.0. The van der Waals surface area contributed by atoms with Gasteiger partial charge in [-0.3, -0.25) is 9.59 Å². The van der Waals surface area contributed by atoms with Crippen LogP contribution in [0.4, 0.5) is 11.4 Å². The molecule has 0 bridgehead atoms. The maximum atomic E-state index is 12.9. The fraction of sp³-hybridized carbons (Fsp3) is 0.238. The molecule has 0 aliphatic carbocycles. The zero-order valence-corrected chi connectivity index (χ0v) is 17.0. The van der Waals surface area contributed by atoms with Crippen LogP contribution in [0, 0.1) is 6.92 Å². The van der Waals surface area contributed by atoms with Crippen LogP contribution in [-0.2, 0) is 17.0 Å². The van der Waals surface area contributed by atoms with Crippen LogP contribution in [0.5, 0.6) is 0 Å². The lowest BCUT2D eigenvalue weighted by atomic mass is 10.1. The second-order valence-electron chi connectivity index (χ2n) is 6.79. The first-order chi connectivity index (χ1) is 14.0. The van der Waals surface area contributed by atoms with Crippen molar-refractivity contribution < 1.29 is 14.1 Å². The van der Waals surface area contributed by atoms with E-state index in [0.717, 1.165) is 29.1 Å². The lowest BCUT2D eigenvalue weighted by Crippen LogP contribution is -2.25. The van der Waals surface area contributed by atoms with Gasteiger partial charge in [0, 0.05) is 42.9 Å². The summed E-state index contributed by atoms with van der Waals surface area (Å²) < 4.78 is 5.08. The Morgan fingerprint density at radius 2 is 2.14 bits per heavy atom. The van der Waals surface area contributed by atoms with Gasteiger partial charge in [-0.25, -0.2) is 4.98 Å². The highest BCUT2D eigenvalue weighted by atomic mass is 32.2. The first-order valence-corrected chi connectivity index (χ1v) is 10.2. The predicted octanol–water partition coefficient (Wildman–Crippen LogP) is 3.83. The Bertz CT molecular complexity index is 1080. The molecule has 2 amide bonds. The van der Waals surface area contributed by atoms with E-state index in [2.05, 4.69) is 15.5 Å². The summed E-state index contributed by atoms with van der Waals surface area (Å²) >= 11 is 1.44. The third kappa shape index (κ3) is 4.17. The van der Waals surface area contributed by atoms with Crippen LogP contribution in [0.1, 0.15) is 34.3 Å². The van der Waals surface area contributed by atoms with Crippen LogP contribution in [0.25, 0.3) is 0 Å². The number of anilines is 2. The van der Waals surface area contributed by atoms with Gasteiger partial charge in [0.15, 0.2) is 0 Å². The van der Waals surface area contributed by atoms with E-state index in [4.69, 9.17) is 4.52 Å². The molecule has 0 unspecified atom stereocenters. The maximum absolute atomic E-state index is 12.9. The molecule has 1 N–H and O–H groups in total. The predicted molar refractivity (Wildman–Crippen MR) is 111 cm³/mol. The van der Waals surface area contributed by atoms with Crippen molar-refractivity contribution in [1.29, 1.82) is 0 Å². The van der Waals surface area contributed by atoms with E-state index in [1.807, 2.05) is 31.2 Å². The van der Waals surface area contributed by atoms with Gasteiger partial charge in [0.1, 0.15) is 10.8 Å². The number of rotatable bonds is 5. The minimum Gasteiger partial charge on any atom is -0.361 e. The Morgan fingerprint density at radius 3 is 2.90 bits per heavy atom. The van der Waals surface area contributed by atoms with Crippen molar-refractivity contribution in [3.05, 3.63) is 65.2 Å². The number of aryl methyl sites for hydroxylation is 1. The monoisotopic (exact) mass is 408 g/mol. The number of hydrogen-bond acceptors (Lipinski definition) is 6. The Labute approximate surface area is 172 Å². The van der Waals surface area contributed by atoms with Crippen LogP contribution in [0.2, 0.25) is 0 Å². The molecule has 0 radical (unpaired) electrons. The molecule has 7 nitrogen and oxygen atoms in total. The molecule has 1 aliphatic rings. The number of nitrogens with one attached hydrogen (secondary N) is 1. The van der Waals surface area contributed by atoms with Crippen molar-refractivity contribution in [1.82, 2.24) is 10.1 Å². The third-order valence-electron chi connectivity index (χ3n) is 4.66. The summed E-state index contributed by atoms with van der Waals surface area (Å²) in [6.07, 6.45) is 2.45. The SMILES string of the molecule is CC(=O)N1CCc2cc(NC(=O)c3cccnc3SCc3cc(C)on3)ccc21. The van der Waals surface area contributed by atoms with Crippen molar-refractivity contribution >= 4 is 35.0 Å². The standard InChI is InChI=1S/C21H20N4O3S/c1-13-10-17(24-28-13)12-29-21-18(4-3-8-22-21)20(27)23-16-5-6-19-15(11-16)7-9-25(19)14(2)26/h3-6,8,10-11H,7,9,12H2,1-2H3,(H,23,27). The Hall–Kier alpha value is -3.13. The maximum Gasteiger partial charge on any atom is 0.258 e. The van der Waals surface area contributed by atoms with Gasteiger partial charge in [0.2, 0.25) is 5.91 Å². The summed E-state index contributed by atoms with van der Waals surface area (Å²) in [5.74, 6) is 1.12. The van der Waals surface area contributed by atoms with Gasteiger partial charge in [-0.15, -0.1) is 0 Å². The molecule has 29 heavy (non-hydrogen) atoms. The van der Waals surface area contributed by atoms with E-state index < -0.39 is 0 Å². The zero-order valence-electron chi connectivity index (χ0n) is 16.1. The minimum atomic E-state index is -0.224. The van der Waals surface area contributed by atoms with Crippen molar-refractivity contribution in [3.63, 3.8) is 0 Å². The molecule has 2 aromatic heterocycles. The number of aromatic nitrogens is 2. The van der Waals surface area contributed by atoms with Crippen LogP contribution >= 0.6 is 11.8 Å². The van der Waals surface area contributed by atoms with E-state index in [9.17, 15) is 9.59 Å². The molecular weight excluding hydrogens is 388 g/mol. The molecule has 4 rings (SSSR count). The van der Waals surface area contributed by atoms with Crippen molar-refractivity contribution in [2.75, 3.05) is 16.8 Å². The molecule has 0 atom stereocenters. The Kier molecular flexibility index (Phi) is 5.35. The fourth-order valence-corrected chi connectivity index (χ4v) is 4.18. The molecule has 0 fully saturated rings. The van der Waals surface area contributed by atoms with Crippen LogP contribution in [0.3, 0.4) is 0 Å². The van der Waals surface area contributed by atoms with Gasteiger partial charge < -0.3 is 14.7 Å². The molecule has 0 saturated carbocycles. The zero-order chi connectivity index (χ0) is 20.4. The molecule has 0 spiro atoms. The van der Waals surface area contributed by atoms with E-state index in [1.165, 1.54) is 11.8 Å². The average Bonchev–Trinajstić information content (AvgIpc) is 3.32. The molecule has 3 heterocycles. The molecule has 0 saturated heterocycles. The molecule has 1 aliphatic heterocycles. The number of pyridine rings is 1. The number of nitrogens with zero attached hydrogens (tertiary/aromatic N) is 3. The van der Waals surface area contributed by atoms with Gasteiger partial charge in [0.05, 0.1) is 11.3 Å². The Morgan fingerprint density at radius 1 is 1.28 bits per heavy atom. The smallest absolute Gasteiger partial charge is 0.258 e. The Balaban J connectivity index is 1.48. The van der Waals surface area contributed by atoms with E-state index in [-0.39, 0.29) is 11.8 Å². The fourth-order valence-electron chi connectivity index (χ4n) is 3.31. The van der Waals surface area contributed by atoms with Crippen LogP contribution in [-0.4, -0.2) is 28.5 Å². The molecular formula is C21H20N4O3S. The number of hydrogen-bond donors (Lipinski definition) is 1. The third-order valence-corrected chi connectivity index (χ3v) is 5.70. The van der Waals surface area contributed by atoms with Crippen LogP contribution in [0.15, 0.2) is 52.1 Å². The van der Waals surface area contributed by atoms with E-state index in [0.29, 0.717) is 28.6 Å². The highest BCUT2D eigenvalue weighted by molar-refractivity contribution is 7.98. The summed E-state index contributed by atoms with van der Waals surface area (Å²) in [7, 11) is 0. The first kappa shape index (κ1) is 19.2.